The van der Waals surface area contributed by atoms with Crippen LogP contribution in [0.1, 0.15) is 96.7 Å². The molecular weight excluding hydrogens is 1060 g/mol. The molecule has 5 aliphatic rings. The Morgan fingerprint density at radius 3 is 2.35 bits per heavy atom. The molecule has 6 atom stereocenters. The predicted octanol–water partition coefficient (Wildman–Crippen LogP) is 8.66. The second-order valence-corrected chi connectivity index (χ2v) is 24.6. The summed E-state index contributed by atoms with van der Waals surface area (Å²) in [6, 6.07) is 19.5. The molecule has 1 saturated carbocycles. The van der Waals surface area contributed by atoms with Crippen LogP contribution >= 0.6 is 11.6 Å². The number of aliphatic hydroxyl groups excluding tert-OH is 1. The summed E-state index contributed by atoms with van der Waals surface area (Å²) in [7, 11) is 0. The second-order valence-electron chi connectivity index (χ2n) is 24.2. The largest absolute Gasteiger partial charge is 0.508 e. The fourth-order valence-electron chi connectivity index (χ4n) is 12.5. The van der Waals surface area contributed by atoms with Crippen LogP contribution in [0.15, 0.2) is 79.0 Å². The maximum atomic E-state index is 17.2. The quantitative estimate of drug-likeness (QED) is 0.0583. The molecule has 81 heavy (non-hydrogen) atoms. The molecule has 6 heterocycles. The maximum absolute atomic E-state index is 17.2. The van der Waals surface area contributed by atoms with Gasteiger partial charge in [-0.1, -0.05) is 87.8 Å². The van der Waals surface area contributed by atoms with Crippen LogP contribution < -0.4 is 25.6 Å². The van der Waals surface area contributed by atoms with Gasteiger partial charge in [-0.2, -0.15) is 9.97 Å². The molecule has 4 aromatic carbocycles. The van der Waals surface area contributed by atoms with Gasteiger partial charge in [-0.3, -0.25) is 19.4 Å². The number of piperazine rings is 1. The molecular formula is C62H72ClF2N9O7. The number of carbonyl (C=O) groups excluding carboxylic acids is 3. The minimum Gasteiger partial charge on any atom is -0.508 e. The predicted molar refractivity (Wildman–Crippen MR) is 307 cm³/mol. The monoisotopic (exact) mass is 1130 g/mol. The van der Waals surface area contributed by atoms with Gasteiger partial charge in [0.2, 0.25) is 17.7 Å². The lowest BCUT2D eigenvalue weighted by Crippen LogP contribution is -2.58. The van der Waals surface area contributed by atoms with Crippen molar-refractivity contribution in [3.8, 4) is 34.1 Å². The topological polar surface area (TPSA) is 195 Å². The number of carbonyl (C=O) groups is 3. The first-order chi connectivity index (χ1) is 38.8. The smallest absolute Gasteiger partial charge is 0.319 e. The molecule has 4 saturated heterocycles. The van der Waals surface area contributed by atoms with Crippen molar-refractivity contribution in [2.75, 3.05) is 57.4 Å². The third-order valence-corrected chi connectivity index (χ3v) is 17.5. The van der Waals surface area contributed by atoms with Crippen molar-refractivity contribution in [2.45, 2.75) is 128 Å². The van der Waals surface area contributed by atoms with Crippen LogP contribution in [0.5, 0.6) is 11.8 Å². The van der Waals surface area contributed by atoms with Crippen molar-refractivity contribution >= 4 is 56.8 Å². The van der Waals surface area contributed by atoms with Crippen molar-refractivity contribution in [2.24, 2.45) is 10.8 Å². The van der Waals surface area contributed by atoms with Gasteiger partial charge < -0.3 is 50.3 Å². The van der Waals surface area contributed by atoms with E-state index in [-0.39, 0.29) is 71.7 Å². The van der Waals surface area contributed by atoms with E-state index >= 15 is 8.78 Å². The lowest BCUT2D eigenvalue weighted by atomic mass is 9.85. The molecule has 5 fully saturated rings. The van der Waals surface area contributed by atoms with Crippen LogP contribution in [0, 0.1) is 22.5 Å². The molecule has 19 heteroatoms. The molecule has 16 nitrogen and oxygen atoms in total. The number of fused-ring (bicyclic) bond motifs is 4. The number of benzene rings is 4. The summed E-state index contributed by atoms with van der Waals surface area (Å²) in [6.07, 6.45) is 6.24. The number of rotatable bonds is 17. The number of phenols is 1. The number of nitrogens with zero attached hydrogens (tertiary/aromatic N) is 6. The highest BCUT2D eigenvalue weighted by atomic mass is 35.5. The number of piperidine rings is 1. The molecule has 11 rings (SSSR count). The van der Waals surface area contributed by atoms with E-state index in [0.29, 0.717) is 71.5 Å². The summed E-state index contributed by atoms with van der Waals surface area (Å²) in [6.45, 7) is 12.9. The van der Waals surface area contributed by atoms with Crippen molar-refractivity contribution in [3.63, 3.8) is 0 Å². The summed E-state index contributed by atoms with van der Waals surface area (Å²) in [5.74, 6) is -1.95. The van der Waals surface area contributed by atoms with E-state index in [9.17, 15) is 24.6 Å². The zero-order valence-corrected chi connectivity index (χ0v) is 47.4. The number of β-amino-alcohol motifs (C(OH)–C–C–N with tert-alkyl or cyclic N) is 1. The molecule has 1 aliphatic carbocycles. The molecule has 0 radical (unpaired) electrons. The minimum absolute atomic E-state index is 0.0394. The number of hydrogen-bond donors (Lipinski definition) is 5. The van der Waals surface area contributed by atoms with Crippen LogP contribution in [0.25, 0.3) is 44.1 Å². The number of pyridine rings is 1. The molecule has 0 spiro atoms. The molecule has 6 aromatic rings. The second kappa shape index (κ2) is 23.0. The maximum Gasteiger partial charge on any atom is 0.319 e. The van der Waals surface area contributed by atoms with Gasteiger partial charge in [0.1, 0.15) is 47.3 Å². The van der Waals surface area contributed by atoms with E-state index in [1.54, 1.807) is 18.3 Å². The van der Waals surface area contributed by atoms with Gasteiger partial charge in [0.05, 0.1) is 30.2 Å². The van der Waals surface area contributed by atoms with E-state index in [0.717, 1.165) is 62.0 Å². The number of amides is 3. The molecule has 2 unspecified atom stereocenters. The van der Waals surface area contributed by atoms with Crippen molar-refractivity contribution < 1.29 is 42.9 Å². The van der Waals surface area contributed by atoms with Gasteiger partial charge in [-0.05, 0) is 109 Å². The zero-order chi connectivity index (χ0) is 56.9. The van der Waals surface area contributed by atoms with Gasteiger partial charge in [0, 0.05) is 85.5 Å². The summed E-state index contributed by atoms with van der Waals surface area (Å²) in [5, 5.41) is 33.3. The van der Waals surface area contributed by atoms with Crippen LogP contribution in [-0.2, 0) is 25.5 Å². The Balaban J connectivity index is 0.701. The van der Waals surface area contributed by atoms with E-state index in [2.05, 4.69) is 30.7 Å². The number of likely N-dealkylation sites (tertiary alicyclic amines) is 2. The Bertz CT molecular complexity index is 3340. The zero-order valence-electron chi connectivity index (χ0n) is 46.6. The number of aromatic nitrogens is 3. The third-order valence-electron chi connectivity index (χ3n) is 17.2. The van der Waals surface area contributed by atoms with E-state index in [4.69, 9.17) is 31.0 Å². The average Bonchev–Trinajstić information content (AvgIpc) is 4.15. The Morgan fingerprint density at radius 1 is 0.926 bits per heavy atom. The normalized spacial score (nSPS) is 21.8. The Labute approximate surface area is 476 Å². The molecule has 2 aromatic heterocycles. The van der Waals surface area contributed by atoms with E-state index in [1.807, 2.05) is 83.1 Å². The highest BCUT2D eigenvalue weighted by molar-refractivity contribution is 6.33. The van der Waals surface area contributed by atoms with Gasteiger partial charge in [-0.15, -0.1) is 0 Å². The number of phenolic OH excluding ortho intramolecular Hbond substituents is 1. The molecule has 2 bridgehead atoms. The van der Waals surface area contributed by atoms with Crippen molar-refractivity contribution in [3.05, 3.63) is 107 Å². The summed E-state index contributed by atoms with van der Waals surface area (Å²) < 4.78 is 45.1. The number of aromatic hydroxyl groups is 1. The van der Waals surface area contributed by atoms with Crippen molar-refractivity contribution in [1.82, 2.24) is 40.7 Å². The van der Waals surface area contributed by atoms with E-state index in [1.165, 1.54) is 17.0 Å². The van der Waals surface area contributed by atoms with Gasteiger partial charge in [0.15, 0.2) is 5.82 Å². The lowest BCUT2D eigenvalue weighted by Gasteiger charge is -2.36. The Kier molecular flexibility index (Phi) is 16.0. The Morgan fingerprint density at radius 2 is 1.65 bits per heavy atom. The third kappa shape index (κ3) is 12.0. The van der Waals surface area contributed by atoms with Crippen LogP contribution in [0.4, 0.5) is 14.6 Å². The number of aliphatic hydroxyl groups is 1. The van der Waals surface area contributed by atoms with Crippen LogP contribution in [0.2, 0.25) is 5.02 Å². The first kappa shape index (κ1) is 56.3. The van der Waals surface area contributed by atoms with E-state index < -0.39 is 59.0 Å². The number of nitrogens with one attached hydrogen (secondary N) is 3. The SMILES string of the molecule is CCc1c(F)ccc2cc(O)cc(-c3ncc4c(N5CC6CCC(C5)N6)nc(OCC5(CN6CCC(OCC(=O)N[C@H](C(=O)N7C[C@H](O)C[C@H]7C(=O)N[C@@H](C)c7ccc(-c8ccccc8Cl)cc7)C(C)(C)C)CC6)CC5)nc4c3F)c12. The number of hydrogen-bond acceptors (Lipinski definition) is 13. The first-order valence-electron chi connectivity index (χ1n) is 28.5. The van der Waals surface area contributed by atoms with Gasteiger partial charge in [-0.25, -0.2) is 8.78 Å². The summed E-state index contributed by atoms with van der Waals surface area (Å²) in [5.41, 5.74) is 2.48. The molecule has 4 aliphatic heterocycles. The first-order valence-corrected chi connectivity index (χ1v) is 28.9. The molecule has 3 amide bonds. The number of ether oxygens (including phenoxy) is 2. The highest BCUT2D eigenvalue weighted by Crippen LogP contribution is 2.47. The van der Waals surface area contributed by atoms with Gasteiger partial charge in [0.25, 0.3) is 0 Å². The minimum atomic E-state index is -0.994. The molecule has 428 valence electrons. The van der Waals surface area contributed by atoms with Crippen LogP contribution in [0.3, 0.4) is 0 Å². The fraction of sp³-hybridized carbons (Fsp3) is 0.484. The number of anilines is 1. The molecule has 5 N–H and O–H groups in total. The van der Waals surface area contributed by atoms with Crippen LogP contribution in [-0.4, -0.2) is 142 Å². The average molecular weight is 1130 g/mol. The standard InChI is InChI=1S/C62H72ClF2N9O7/c1-6-44-49(64)18-15-38-25-41(75)26-46(52(38)44)54-53(65)55-47(28-66-54)57(73-29-39-16-17-40(30-73)68-39)71-60(70-55)81-34-62(21-22-62)33-72-23-19-43(20-24-72)80-32-51(77)69-56(61(3,4)5)59(79)74-31-42(76)27-50(74)58(78)67-35(2)36-11-13-37(14-12-36)45-9-7-8-10-48(45)63/h7-15,18,25-26,28,35,39-40,42-43,50,56,68,75-76H,6,16-17,19-24,27,29-34H2,1-5H3,(H,67,78)(H,69,77)/t35-,39?,40?,42+,50-,56+/m0/s1. The van der Waals surface area contributed by atoms with Gasteiger partial charge >= 0.3 is 6.01 Å². The number of aryl methyl sites for hydroxylation is 1. The lowest BCUT2D eigenvalue weighted by molar-refractivity contribution is -0.145. The summed E-state index contributed by atoms with van der Waals surface area (Å²) in [4.78, 5) is 62.0. The highest BCUT2D eigenvalue weighted by Gasteiger charge is 2.47. The summed E-state index contributed by atoms with van der Waals surface area (Å²) >= 11 is 6.42. The van der Waals surface area contributed by atoms with Crippen molar-refractivity contribution in [1.29, 1.82) is 0 Å². The fourth-order valence-corrected chi connectivity index (χ4v) is 12.8. The number of halogens is 3. The Hall–Kier alpha value is -6.57.